The number of esters is 1. The number of amides is 1. The van der Waals surface area contributed by atoms with E-state index in [2.05, 4.69) is 10.0 Å². The molecule has 8 heteroatoms. The largest absolute Gasteiger partial charge is 0.467 e. The first-order chi connectivity index (χ1) is 11.2. The number of methoxy groups -OCH3 is 1. The number of benzene rings is 1. The molecule has 0 N–H and O–H groups in total. The molecule has 1 aromatic carbocycles. The Morgan fingerprint density at radius 3 is 2.78 bits per heavy atom. The van der Waals surface area contributed by atoms with Gasteiger partial charge in [0.25, 0.3) is 0 Å². The minimum atomic E-state index is -0.799. The average Bonchev–Trinajstić information content (AvgIpc) is 2.60. The van der Waals surface area contributed by atoms with Crippen molar-refractivity contribution >= 4 is 12.1 Å². The van der Waals surface area contributed by atoms with Crippen LogP contribution in [0.4, 0.5) is 4.79 Å². The van der Waals surface area contributed by atoms with Gasteiger partial charge in [0, 0.05) is 17.5 Å². The van der Waals surface area contributed by atoms with Crippen LogP contribution < -0.4 is 0 Å². The average molecular weight is 318 g/mol. The molecule has 8 nitrogen and oxygen atoms in total. The van der Waals surface area contributed by atoms with Gasteiger partial charge in [-0.15, -0.1) is 0 Å². The number of hydrogen-bond donors (Lipinski definition) is 0. The van der Waals surface area contributed by atoms with E-state index in [1.54, 1.807) is 0 Å². The maximum absolute atomic E-state index is 12.3. The quantitative estimate of drug-likeness (QED) is 0.368. The highest BCUT2D eigenvalue weighted by atomic mass is 16.6. The Kier molecular flexibility index (Phi) is 5.82. The molecule has 0 bridgehead atoms. The highest BCUT2D eigenvalue weighted by Gasteiger charge is 2.37. The molecule has 1 aliphatic rings. The Bertz CT molecular complexity index is 601. The van der Waals surface area contributed by atoms with Crippen LogP contribution in [0.2, 0.25) is 0 Å². The van der Waals surface area contributed by atoms with Gasteiger partial charge in [0.2, 0.25) is 0 Å². The van der Waals surface area contributed by atoms with Crippen molar-refractivity contribution in [2.45, 2.75) is 31.5 Å². The monoisotopic (exact) mass is 318 g/mol. The number of piperidine rings is 1. The third-order valence-corrected chi connectivity index (χ3v) is 3.70. The summed E-state index contributed by atoms with van der Waals surface area (Å²) < 4.78 is 10.00. The van der Waals surface area contributed by atoms with E-state index in [1.165, 1.54) is 12.0 Å². The first-order valence-corrected chi connectivity index (χ1v) is 7.25. The number of nitrogens with zero attached hydrogens (tertiary/aromatic N) is 4. The lowest BCUT2D eigenvalue weighted by Crippen LogP contribution is -2.51. The molecule has 0 unspecified atom stereocenters. The lowest BCUT2D eigenvalue weighted by Gasteiger charge is -2.35. The third-order valence-electron chi connectivity index (χ3n) is 3.70. The van der Waals surface area contributed by atoms with Crippen molar-refractivity contribution in [1.82, 2.24) is 4.90 Å². The van der Waals surface area contributed by atoms with Gasteiger partial charge in [-0.3, -0.25) is 4.90 Å². The van der Waals surface area contributed by atoms with Gasteiger partial charge in [0.1, 0.15) is 12.6 Å². The summed E-state index contributed by atoms with van der Waals surface area (Å²) in [6, 6.07) is 8.14. The molecule has 0 saturated carbocycles. The highest BCUT2D eigenvalue weighted by Crippen LogP contribution is 2.22. The number of rotatable bonds is 4. The molecular weight excluding hydrogens is 300 g/mol. The fraction of sp³-hybridized carbons (Fsp3) is 0.467. The van der Waals surface area contributed by atoms with Crippen LogP contribution in [-0.2, 0) is 20.9 Å². The van der Waals surface area contributed by atoms with Gasteiger partial charge in [-0.1, -0.05) is 35.4 Å². The minimum Gasteiger partial charge on any atom is -0.467 e. The third kappa shape index (κ3) is 4.37. The Morgan fingerprint density at radius 2 is 2.13 bits per heavy atom. The maximum Gasteiger partial charge on any atom is 0.410 e. The summed E-state index contributed by atoms with van der Waals surface area (Å²) >= 11 is 0. The SMILES string of the molecule is COC(=O)[C@@H]1C[C@@H](N=[N+]=[N-])CCN1C(=O)OCc1ccccc1. The molecule has 23 heavy (non-hydrogen) atoms. The molecule has 0 radical (unpaired) electrons. The van der Waals surface area contributed by atoms with E-state index in [0.29, 0.717) is 6.42 Å². The van der Waals surface area contributed by atoms with E-state index in [1.807, 2.05) is 30.3 Å². The zero-order valence-electron chi connectivity index (χ0n) is 12.8. The van der Waals surface area contributed by atoms with Crippen LogP contribution in [-0.4, -0.2) is 42.7 Å². The van der Waals surface area contributed by atoms with Crippen LogP contribution in [0.25, 0.3) is 10.4 Å². The van der Waals surface area contributed by atoms with Crippen molar-refractivity contribution < 1.29 is 19.1 Å². The second-order valence-electron chi connectivity index (χ2n) is 5.16. The van der Waals surface area contributed by atoms with Crippen LogP contribution in [0.15, 0.2) is 35.4 Å². The topological polar surface area (TPSA) is 105 Å². The van der Waals surface area contributed by atoms with Gasteiger partial charge in [0.05, 0.1) is 7.11 Å². The van der Waals surface area contributed by atoms with E-state index in [4.69, 9.17) is 15.0 Å². The summed E-state index contributed by atoms with van der Waals surface area (Å²) in [4.78, 5) is 28.3. The maximum atomic E-state index is 12.3. The van der Waals surface area contributed by atoms with E-state index >= 15 is 0 Å². The second kappa shape index (κ2) is 8.05. The molecule has 1 aromatic rings. The summed E-state index contributed by atoms with van der Waals surface area (Å²) in [6.07, 6.45) is 0.137. The lowest BCUT2D eigenvalue weighted by atomic mass is 9.98. The Morgan fingerprint density at radius 1 is 1.39 bits per heavy atom. The molecule has 0 aromatic heterocycles. The molecule has 0 spiro atoms. The van der Waals surface area contributed by atoms with Crippen molar-refractivity contribution in [1.29, 1.82) is 0 Å². The van der Waals surface area contributed by atoms with Crippen molar-refractivity contribution in [3.8, 4) is 0 Å². The number of carbonyl (C=O) groups is 2. The summed E-state index contributed by atoms with van der Waals surface area (Å²) in [5.41, 5.74) is 9.38. The van der Waals surface area contributed by atoms with Crippen LogP contribution in [0.3, 0.4) is 0 Å². The number of carbonyl (C=O) groups excluding carboxylic acids is 2. The fourth-order valence-corrected chi connectivity index (χ4v) is 2.50. The first kappa shape index (κ1) is 16.6. The molecule has 1 fully saturated rings. The molecule has 122 valence electrons. The summed E-state index contributed by atoms with van der Waals surface area (Å²) in [7, 11) is 1.26. The Hall–Kier alpha value is -2.73. The molecule has 0 aliphatic carbocycles. The molecular formula is C15H18N4O4. The summed E-state index contributed by atoms with van der Waals surface area (Å²) in [6.45, 7) is 0.404. The second-order valence-corrected chi connectivity index (χ2v) is 5.16. The van der Waals surface area contributed by atoms with Crippen molar-refractivity contribution in [3.05, 3.63) is 46.3 Å². The van der Waals surface area contributed by atoms with E-state index in [-0.39, 0.29) is 25.6 Å². The number of azide groups is 1. The molecule has 1 saturated heterocycles. The van der Waals surface area contributed by atoms with Gasteiger partial charge in [-0.05, 0) is 23.9 Å². The van der Waals surface area contributed by atoms with Gasteiger partial charge in [0.15, 0.2) is 0 Å². The van der Waals surface area contributed by atoms with Crippen molar-refractivity contribution in [3.63, 3.8) is 0 Å². The Balaban J connectivity index is 2.01. The summed E-state index contributed by atoms with van der Waals surface area (Å²) in [5, 5.41) is 3.63. The number of ether oxygens (including phenoxy) is 2. The van der Waals surface area contributed by atoms with E-state index in [0.717, 1.165) is 5.56 Å². The molecule has 2 atom stereocenters. The van der Waals surface area contributed by atoms with Crippen LogP contribution >= 0.6 is 0 Å². The number of hydrogen-bond acceptors (Lipinski definition) is 5. The summed E-state index contributed by atoms with van der Waals surface area (Å²) in [5.74, 6) is -0.542. The van der Waals surface area contributed by atoms with Gasteiger partial charge < -0.3 is 9.47 Å². The minimum absolute atomic E-state index is 0.129. The normalized spacial score (nSPS) is 20.3. The zero-order valence-corrected chi connectivity index (χ0v) is 12.8. The smallest absolute Gasteiger partial charge is 0.410 e. The van der Waals surface area contributed by atoms with Crippen molar-refractivity contribution in [2.75, 3.05) is 13.7 Å². The van der Waals surface area contributed by atoms with E-state index in [9.17, 15) is 9.59 Å². The molecule has 1 aliphatic heterocycles. The molecule has 2 rings (SSSR count). The standard InChI is InChI=1S/C15H18N4O4/c1-22-14(20)13-9-12(17-18-16)7-8-19(13)15(21)23-10-11-5-3-2-4-6-11/h2-6,12-13H,7-10H2,1H3/t12-,13-/m0/s1. The molecule has 1 heterocycles. The van der Waals surface area contributed by atoms with Gasteiger partial charge in [-0.2, -0.15) is 0 Å². The fourth-order valence-electron chi connectivity index (χ4n) is 2.50. The van der Waals surface area contributed by atoms with E-state index < -0.39 is 18.1 Å². The van der Waals surface area contributed by atoms with Crippen molar-refractivity contribution in [2.24, 2.45) is 5.11 Å². The first-order valence-electron chi connectivity index (χ1n) is 7.25. The Labute approximate surface area is 133 Å². The number of likely N-dealkylation sites (tertiary alicyclic amines) is 1. The zero-order chi connectivity index (χ0) is 16.7. The predicted molar refractivity (Wildman–Crippen MR) is 81.3 cm³/mol. The predicted octanol–water partition coefficient (Wildman–Crippen LogP) is 2.64. The molecule has 1 amide bonds. The van der Waals surface area contributed by atoms with Gasteiger partial charge >= 0.3 is 12.1 Å². The van der Waals surface area contributed by atoms with Gasteiger partial charge in [-0.25, -0.2) is 9.59 Å². The van der Waals surface area contributed by atoms with Crippen LogP contribution in [0, 0.1) is 0 Å². The highest BCUT2D eigenvalue weighted by molar-refractivity contribution is 5.81. The van der Waals surface area contributed by atoms with Crippen LogP contribution in [0.1, 0.15) is 18.4 Å². The lowest BCUT2D eigenvalue weighted by molar-refractivity contribution is -0.147. The van der Waals surface area contributed by atoms with Crippen LogP contribution in [0.5, 0.6) is 0 Å².